The number of anilines is 1. The van der Waals surface area contributed by atoms with E-state index >= 15 is 0 Å². The van der Waals surface area contributed by atoms with Gasteiger partial charge in [-0.15, -0.1) is 5.10 Å². The number of hydrogen-bond acceptors (Lipinski definition) is 9. The molecule has 57 heavy (non-hydrogen) atoms. The molecule has 0 spiro atoms. The van der Waals surface area contributed by atoms with Crippen LogP contribution in [0.4, 0.5) is 5.69 Å². The molecule has 316 valence electrons. The van der Waals surface area contributed by atoms with Crippen molar-refractivity contribution in [2.45, 2.75) is 137 Å². The van der Waals surface area contributed by atoms with Crippen molar-refractivity contribution in [3.05, 3.63) is 54.1 Å². The fourth-order valence-corrected chi connectivity index (χ4v) is 8.76. The topological polar surface area (TPSA) is 159 Å². The predicted molar refractivity (Wildman–Crippen MR) is 237 cm³/mol. The number of carbonyl (C=O) groups excluding carboxylic acids is 4. The molecule has 0 unspecified atom stereocenters. The molecule has 3 aromatic rings. The molecule has 1 aromatic heterocycles. The van der Waals surface area contributed by atoms with Crippen LogP contribution in [0, 0.1) is 5.92 Å². The van der Waals surface area contributed by atoms with Gasteiger partial charge >= 0.3 is 0 Å². The molecule has 0 aliphatic carbocycles. The number of nitrogens with zero attached hydrogens (tertiary/aromatic N) is 4. The summed E-state index contributed by atoms with van der Waals surface area (Å²) in [4.78, 5) is 51.7. The normalized spacial score (nSPS) is 12.1. The SMILES string of the molecule is CC.CC(C)NC(=O)Cn1nnc2c1-c1ccccc1CN(C(=O)CCC(=O)NC(C)(C)CCO)c1ccccc1-2.CNC(=O)CCC(C)(C)SSCCC(C)C. The number of aromatic nitrogens is 3. The van der Waals surface area contributed by atoms with E-state index in [1.807, 2.05) is 112 Å². The molecular formula is C43H67N7O5S2. The summed E-state index contributed by atoms with van der Waals surface area (Å²) in [6, 6.07) is 15.2. The molecule has 0 fully saturated rings. The van der Waals surface area contributed by atoms with Crippen LogP contribution >= 0.6 is 21.6 Å². The Morgan fingerprint density at radius 3 is 2.14 bits per heavy atom. The van der Waals surface area contributed by atoms with Crippen LogP contribution < -0.4 is 20.9 Å². The van der Waals surface area contributed by atoms with Gasteiger partial charge in [-0.25, -0.2) is 4.68 Å². The van der Waals surface area contributed by atoms with Gasteiger partial charge in [0.15, 0.2) is 0 Å². The Kier molecular flexibility index (Phi) is 20.9. The van der Waals surface area contributed by atoms with Crippen LogP contribution in [0.2, 0.25) is 0 Å². The Bertz CT molecular complexity index is 1740. The van der Waals surface area contributed by atoms with E-state index in [0.29, 0.717) is 24.2 Å². The van der Waals surface area contributed by atoms with Gasteiger partial charge in [0.1, 0.15) is 12.2 Å². The van der Waals surface area contributed by atoms with Crippen LogP contribution in [-0.4, -0.2) is 79.5 Å². The fraction of sp³-hybridized carbons (Fsp3) is 0.581. The van der Waals surface area contributed by atoms with Crippen molar-refractivity contribution in [2.24, 2.45) is 5.92 Å². The number of rotatable bonds is 17. The first-order chi connectivity index (χ1) is 27.0. The van der Waals surface area contributed by atoms with E-state index in [0.717, 1.165) is 34.7 Å². The Morgan fingerprint density at radius 2 is 1.51 bits per heavy atom. The molecule has 14 heteroatoms. The van der Waals surface area contributed by atoms with Crippen molar-refractivity contribution in [1.29, 1.82) is 0 Å². The number of fused-ring (bicyclic) bond motifs is 5. The number of amides is 4. The summed E-state index contributed by atoms with van der Waals surface area (Å²) in [5.41, 5.74) is 3.84. The molecule has 0 radical (unpaired) electrons. The number of hydrogen-bond donors (Lipinski definition) is 4. The van der Waals surface area contributed by atoms with Crippen molar-refractivity contribution in [2.75, 3.05) is 24.3 Å². The number of carbonyl (C=O) groups is 4. The smallest absolute Gasteiger partial charge is 0.242 e. The average Bonchev–Trinajstić information content (AvgIpc) is 3.55. The Morgan fingerprint density at radius 1 is 0.860 bits per heavy atom. The molecule has 4 N–H and O–H groups in total. The standard InChI is InChI=1S/C29H36N6O4.C12H25NOS2.C2H6/c1-19(2)30-25(38)18-35-28-21-10-6-5-9-20(21)17-34(23-12-8-7-11-22(23)27(28)32-33-35)26(39)14-13-24(37)31-29(3,4)15-16-36;1-10(2)7-9-15-16-12(3,4)8-6-11(14)13-5;1-2/h5-12,19,36H,13-18H2,1-4H3,(H,30,38)(H,31,37);10H,6-9H2,1-5H3,(H,13,14);1-2H3. The van der Waals surface area contributed by atoms with Gasteiger partial charge in [-0.1, -0.05) is 97.0 Å². The molecule has 0 bridgehead atoms. The highest BCUT2D eigenvalue weighted by atomic mass is 33.1. The third kappa shape index (κ3) is 16.5. The second-order valence-electron chi connectivity index (χ2n) is 15.7. The minimum atomic E-state index is -0.560. The highest BCUT2D eigenvalue weighted by Gasteiger charge is 2.30. The van der Waals surface area contributed by atoms with Crippen LogP contribution in [0.3, 0.4) is 0 Å². The van der Waals surface area contributed by atoms with Gasteiger partial charge in [-0.2, -0.15) is 0 Å². The quantitative estimate of drug-likeness (QED) is 0.0788. The zero-order valence-electron chi connectivity index (χ0n) is 36.0. The monoisotopic (exact) mass is 825 g/mol. The first kappa shape index (κ1) is 49.3. The summed E-state index contributed by atoms with van der Waals surface area (Å²) >= 11 is 0. The molecule has 0 saturated heterocycles. The minimum absolute atomic E-state index is 0.00163. The Labute approximate surface area is 348 Å². The summed E-state index contributed by atoms with van der Waals surface area (Å²) in [6.07, 6.45) is 3.30. The van der Waals surface area contributed by atoms with Crippen LogP contribution in [0.15, 0.2) is 48.5 Å². The molecule has 4 amide bonds. The highest BCUT2D eigenvalue weighted by Crippen LogP contribution is 2.41. The maximum atomic E-state index is 13.6. The van der Waals surface area contributed by atoms with Crippen molar-refractivity contribution >= 4 is 50.9 Å². The zero-order chi connectivity index (χ0) is 42.8. The van der Waals surface area contributed by atoms with Crippen molar-refractivity contribution in [3.63, 3.8) is 0 Å². The maximum Gasteiger partial charge on any atom is 0.242 e. The number of aliphatic hydroxyl groups excluding tert-OH is 1. The summed E-state index contributed by atoms with van der Waals surface area (Å²) in [7, 11) is 5.54. The van der Waals surface area contributed by atoms with Gasteiger partial charge in [-0.05, 0) is 78.4 Å². The zero-order valence-corrected chi connectivity index (χ0v) is 37.7. The van der Waals surface area contributed by atoms with E-state index in [2.05, 4.69) is 54.0 Å². The van der Waals surface area contributed by atoms with E-state index in [4.69, 9.17) is 0 Å². The highest BCUT2D eigenvalue weighted by molar-refractivity contribution is 8.77. The molecular weight excluding hydrogens is 759 g/mol. The summed E-state index contributed by atoms with van der Waals surface area (Å²) < 4.78 is 1.80. The van der Waals surface area contributed by atoms with Gasteiger partial charge in [0, 0.05) is 66.1 Å². The largest absolute Gasteiger partial charge is 0.396 e. The maximum absolute atomic E-state index is 13.6. The van der Waals surface area contributed by atoms with Crippen LogP contribution in [-0.2, 0) is 32.3 Å². The fourth-order valence-electron chi connectivity index (χ4n) is 5.86. The lowest BCUT2D eigenvalue weighted by Crippen LogP contribution is -2.44. The number of para-hydroxylation sites is 1. The van der Waals surface area contributed by atoms with Crippen LogP contribution in [0.5, 0.6) is 0 Å². The molecule has 2 aromatic carbocycles. The van der Waals surface area contributed by atoms with Crippen molar-refractivity contribution in [3.8, 4) is 22.5 Å². The lowest BCUT2D eigenvalue weighted by Gasteiger charge is -2.29. The Hall–Kier alpha value is -3.88. The van der Waals surface area contributed by atoms with E-state index in [1.165, 1.54) is 12.2 Å². The van der Waals surface area contributed by atoms with Crippen LogP contribution in [0.1, 0.15) is 113 Å². The first-order valence-corrected chi connectivity index (χ1v) is 22.4. The van der Waals surface area contributed by atoms with Crippen LogP contribution in [0.25, 0.3) is 22.5 Å². The molecule has 1 aliphatic rings. The van der Waals surface area contributed by atoms with E-state index in [9.17, 15) is 24.3 Å². The molecule has 1 aliphatic heterocycles. The van der Waals surface area contributed by atoms with Gasteiger partial charge in [0.2, 0.25) is 23.6 Å². The van der Waals surface area contributed by atoms with E-state index in [-0.39, 0.29) is 67.0 Å². The molecule has 12 nitrogen and oxygen atoms in total. The van der Waals surface area contributed by atoms with E-state index < -0.39 is 5.54 Å². The average molecular weight is 826 g/mol. The Balaban J connectivity index is 0.000000525. The summed E-state index contributed by atoms with van der Waals surface area (Å²) in [6.45, 7) is 20.7. The molecule has 0 saturated carbocycles. The minimum Gasteiger partial charge on any atom is -0.396 e. The summed E-state index contributed by atoms with van der Waals surface area (Å²) in [5.74, 6) is 1.52. The molecule has 4 rings (SSSR count). The predicted octanol–water partition coefficient (Wildman–Crippen LogP) is 7.79. The first-order valence-electron chi connectivity index (χ1n) is 20.1. The molecule has 2 heterocycles. The van der Waals surface area contributed by atoms with Crippen molar-refractivity contribution < 1.29 is 24.3 Å². The third-order valence-corrected chi connectivity index (χ3v) is 12.3. The van der Waals surface area contributed by atoms with Gasteiger partial charge in [-0.3, -0.25) is 19.2 Å². The van der Waals surface area contributed by atoms with Gasteiger partial charge in [0.25, 0.3) is 0 Å². The number of aliphatic hydroxyl groups is 1. The second kappa shape index (κ2) is 24.1. The lowest BCUT2D eigenvalue weighted by atomic mass is 9.95. The second-order valence-corrected chi connectivity index (χ2v) is 18.9. The number of benzene rings is 2. The van der Waals surface area contributed by atoms with Gasteiger partial charge < -0.3 is 26.0 Å². The summed E-state index contributed by atoms with van der Waals surface area (Å²) in [5, 5.41) is 26.5. The third-order valence-electron chi connectivity index (χ3n) is 8.91. The number of nitrogens with one attached hydrogen (secondary N) is 3. The van der Waals surface area contributed by atoms with Gasteiger partial charge in [0.05, 0.1) is 17.9 Å². The molecule has 0 atom stereocenters. The lowest BCUT2D eigenvalue weighted by molar-refractivity contribution is -0.126. The van der Waals surface area contributed by atoms with Crippen molar-refractivity contribution in [1.82, 2.24) is 30.9 Å². The van der Waals surface area contributed by atoms with E-state index in [1.54, 1.807) is 16.6 Å².